The quantitative estimate of drug-likeness (QED) is 0.406. The van der Waals surface area contributed by atoms with Crippen LogP contribution in [-0.4, -0.2) is 48.1 Å². The van der Waals surface area contributed by atoms with Crippen LogP contribution in [-0.2, 0) is 17.1 Å². The van der Waals surface area contributed by atoms with Crippen molar-refractivity contribution < 1.29 is 26.9 Å². The summed E-state index contributed by atoms with van der Waals surface area (Å²) in [4.78, 5) is 17.8. The summed E-state index contributed by atoms with van der Waals surface area (Å²) in [5.74, 6) is 0.844. The second-order valence-corrected chi connectivity index (χ2v) is 6.33. The molecule has 0 amide bonds. The van der Waals surface area contributed by atoms with E-state index in [9.17, 15) is 4.57 Å². The van der Waals surface area contributed by atoms with Gasteiger partial charge < -0.3 is 22.3 Å². The Morgan fingerprint density at radius 1 is 1.61 bits per heavy atom. The largest absolute Gasteiger partial charge is 0.374 e. The van der Waals surface area contributed by atoms with Crippen molar-refractivity contribution in [1.82, 2.24) is 0 Å². The van der Waals surface area contributed by atoms with Gasteiger partial charge in [0.2, 0.25) is 0 Å². The van der Waals surface area contributed by atoms with E-state index in [4.69, 9.17) is 22.3 Å². The number of ether oxygens (including phenoxy) is 2. The van der Waals surface area contributed by atoms with Gasteiger partial charge in [-0.1, -0.05) is 0 Å². The molecule has 0 aliphatic carbocycles. The van der Waals surface area contributed by atoms with Gasteiger partial charge in [-0.25, -0.2) is 0 Å². The van der Waals surface area contributed by atoms with Gasteiger partial charge in [0.15, 0.2) is 0 Å². The fourth-order valence-corrected chi connectivity index (χ4v) is 3.33. The molecule has 4 atom stereocenters. The third kappa shape index (κ3) is 4.03. The van der Waals surface area contributed by atoms with Crippen LogP contribution in [0.4, 0.5) is 0 Å². The lowest BCUT2D eigenvalue weighted by molar-refractivity contribution is 0.00442. The molecule has 1 saturated heterocycles. The van der Waals surface area contributed by atoms with Crippen molar-refractivity contribution in [1.29, 1.82) is 0 Å². The Hall–Kier alpha value is 0.565. The molecule has 1 aliphatic heterocycles. The molecule has 1 rings (SSSR count). The zero-order chi connectivity index (χ0) is 14.0. The first-order valence-electron chi connectivity index (χ1n) is 5.56. The van der Waals surface area contributed by atoms with Crippen molar-refractivity contribution in [2.24, 2.45) is 0 Å². The summed E-state index contributed by atoms with van der Waals surface area (Å²) in [6.45, 7) is 4.11. The molecule has 0 aromatic rings. The third-order valence-electron chi connectivity index (χ3n) is 2.82. The number of hydrogen-bond acceptors (Lipinski definition) is 4. The zero-order valence-electron chi connectivity index (χ0n) is 10.4. The van der Waals surface area contributed by atoms with Crippen LogP contribution in [0.25, 0.3) is 0 Å². The molecule has 2 unspecified atom stereocenters. The van der Waals surface area contributed by atoms with Gasteiger partial charge in [-0.2, -0.15) is 0 Å². The second kappa shape index (κ2) is 6.34. The average molecular weight is 390 g/mol. The number of rotatable bonds is 5. The van der Waals surface area contributed by atoms with Gasteiger partial charge in [-0.05, 0) is 19.9 Å². The van der Waals surface area contributed by atoms with Crippen LogP contribution in [0, 0.1) is 0 Å². The molecule has 1 heterocycles. The monoisotopic (exact) mass is 390 g/mol. The molecule has 0 bridgehead atoms. The van der Waals surface area contributed by atoms with Crippen LogP contribution in [0.15, 0.2) is 11.9 Å². The van der Waals surface area contributed by atoms with E-state index >= 15 is 0 Å². The Morgan fingerprint density at radius 3 is 2.67 bits per heavy atom. The zero-order valence-corrected chi connectivity index (χ0v) is 13.5. The molecule has 0 spiro atoms. The molecule has 0 aromatic heterocycles. The summed E-state index contributed by atoms with van der Waals surface area (Å²) in [6, 6.07) is -0.212. The first-order chi connectivity index (χ1) is 8.23. The van der Waals surface area contributed by atoms with E-state index in [1.165, 1.54) is 6.08 Å². The Balaban J connectivity index is 2.94. The normalized spacial score (nSPS) is 37.5. The van der Waals surface area contributed by atoms with Crippen molar-refractivity contribution in [3.05, 3.63) is 11.9 Å². The van der Waals surface area contributed by atoms with E-state index in [0.29, 0.717) is 6.61 Å². The van der Waals surface area contributed by atoms with Gasteiger partial charge in [-0.15, -0.1) is 0 Å². The molecular formula is C9H17BIO6P. The van der Waals surface area contributed by atoms with Crippen molar-refractivity contribution >= 4 is 38.4 Å². The fourth-order valence-electron chi connectivity index (χ4n) is 2.04. The van der Waals surface area contributed by atoms with Crippen LogP contribution in [0.2, 0.25) is 0 Å². The maximum absolute atomic E-state index is 10.9. The summed E-state index contributed by atoms with van der Waals surface area (Å²) in [5.41, 5.74) is -0.915. The first kappa shape index (κ1) is 16.6. The lowest BCUT2D eigenvalue weighted by atomic mass is 9.90. The topological polar surface area (TPSA) is 85.2 Å². The maximum Gasteiger partial charge on any atom is 0.348 e. The third-order valence-corrected chi connectivity index (χ3v) is 3.91. The Morgan fingerprint density at radius 2 is 2.22 bits per heavy atom. The first-order valence-corrected chi connectivity index (χ1v) is 8.12. The van der Waals surface area contributed by atoms with Crippen LogP contribution in [0.5, 0.6) is 0 Å². The lowest BCUT2D eigenvalue weighted by Gasteiger charge is -2.27. The van der Waals surface area contributed by atoms with E-state index in [1.807, 2.05) is 14.8 Å². The minimum absolute atomic E-state index is 0.212. The lowest BCUT2D eigenvalue weighted by Crippen LogP contribution is -2.41. The average Bonchev–Trinajstić information content (AvgIpc) is 2.48. The molecule has 0 aromatic carbocycles. The highest BCUT2D eigenvalue weighted by Crippen LogP contribution is 2.41. The summed E-state index contributed by atoms with van der Waals surface area (Å²) in [5, 5.41) is 0. The fraction of sp³-hybridized carbons (Fsp3) is 0.778. The second-order valence-electron chi connectivity index (χ2n) is 4.34. The van der Waals surface area contributed by atoms with Crippen LogP contribution >= 0.6 is 30.6 Å². The van der Waals surface area contributed by atoms with Crippen LogP contribution in [0.3, 0.4) is 0 Å². The van der Waals surface area contributed by atoms with Crippen molar-refractivity contribution in [2.75, 3.05) is 6.61 Å². The SMILES string of the molecule is B[C@@H]1O[C@](C)(/C=C/P(=O)(O)O)C(OI)C1OCC. The van der Waals surface area contributed by atoms with Gasteiger partial charge in [0.1, 0.15) is 48.7 Å². The van der Waals surface area contributed by atoms with Crippen molar-refractivity contribution in [3.8, 4) is 0 Å². The highest BCUT2D eigenvalue weighted by molar-refractivity contribution is 14.1. The Bertz CT molecular complexity index is 361. The number of halogens is 1. The van der Waals surface area contributed by atoms with Gasteiger partial charge >= 0.3 is 7.60 Å². The highest BCUT2D eigenvalue weighted by atomic mass is 127. The summed E-state index contributed by atoms with van der Waals surface area (Å²) >= 11 is 1.75. The van der Waals surface area contributed by atoms with Gasteiger partial charge in [0.25, 0.3) is 0 Å². The Labute approximate surface area is 121 Å². The van der Waals surface area contributed by atoms with Crippen LogP contribution < -0.4 is 0 Å². The minimum atomic E-state index is -4.21. The van der Waals surface area contributed by atoms with E-state index in [1.54, 1.807) is 29.9 Å². The van der Waals surface area contributed by atoms with Gasteiger partial charge in [0.05, 0.1) is 6.00 Å². The van der Waals surface area contributed by atoms with E-state index in [2.05, 4.69) is 0 Å². The maximum atomic E-state index is 10.9. The highest BCUT2D eigenvalue weighted by Gasteiger charge is 2.50. The molecule has 0 radical (unpaired) electrons. The number of hydrogen-bond donors (Lipinski definition) is 2. The molecule has 0 saturated carbocycles. The Kier molecular flexibility index (Phi) is 5.86. The van der Waals surface area contributed by atoms with E-state index in [0.717, 1.165) is 5.82 Å². The predicted octanol–water partition coefficient (Wildman–Crippen LogP) is 0.566. The van der Waals surface area contributed by atoms with E-state index < -0.39 is 19.3 Å². The van der Waals surface area contributed by atoms with Crippen LogP contribution in [0.1, 0.15) is 13.8 Å². The summed E-state index contributed by atoms with van der Waals surface area (Å²) in [7, 11) is -2.37. The van der Waals surface area contributed by atoms with Gasteiger partial charge in [0, 0.05) is 12.4 Å². The molecule has 9 heteroatoms. The summed E-state index contributed by atoms with van der Waals surface area (Å²) in [6.07, 6.45) is 0.668. The predicted molar refractivity (Wildman–Crippen MR) is 77.3 cm³/mol. The standard InChI is InChI=1S/C9H17BIO6P/c1-3-15-6-7(17-11)9(2,16-8(6)10)4-5-18(12,13)14/h4-8H,3,10H2,1-2H3,(H2,12,13,14)/b5-4+/t6?,7?,8-,9-/m1/s1. The smallest absolute Gasteiger partial charge is 0.348 e. The molecule has 6 nitrogen and oxygen atoms in total. The molecular weight excluding hydrogens is 373 g/mol. The van der Waals surface area contributed by atoms with E-state index in [-0.39, 0.29) is 12.1 Å². The van der Waals surface area contributed by atoms with Crippen molar-refractivity contribution in [3.63, 3.8) is 0 Å². The molecule has 1 aliphatic rings. The molecule has 1 fully saturated rings. The minimum Gasteiger partial charge on any atom is -0.374 e. The van der Waals surface area contributed by atoms with Gasteiger partial charge in [-0.3, -0.25) is 4.57 Å². The molecule has 2 N–H and O–H groups in total. The molecule has 104 valence electrons. The summed E-state index contributed by atoms with van der Waals surface area (Å²) < 4.78 is 27.5. The van der Waals surface area contributed by atoms with Crippen molar-refractivity contribution in [2.45, 2.75) is 37.7 Å². The molecule has 18 heavy (non-hydrogen) atoms.